The van der Waals surface area contributed by atoms with Crippen molar-refractivity contribution >= 4 is 5.91 Å². The third kappa shape index (κ3) is 4.48. The number of aromatic nitrogens is 1. The summed E-state index contributed by atoms with van der Waals surface area (Å²) in [6.45, 7) is 0.554. The highest BCUT2D eigenvalue weighted by molar-refractivity contribution is 5.81. The van der Waals surface area contributed by atoms with E-state index in [-0.39, 0.29) is 5.91 Å². The third-order valence-corrected chi connectivity index (χ3v) is 3.04. The average Bonchev–Trinajstić information content (AvgIpc) is 2.49. The molecule has 0 bridgehead atoms. The lowest BCUT2D eigenvalue weighted by Gasteiger charge is -2.12. The monoisotopic (exact) mass is 269 g/mol. The molecule has 0 fully saturated rings. The second-order valence-electron chi connectivity index (χ2n) is 4.66. The van der Waals surface area contributed by atoms with Crippen LogP contribution in [0.4, 0.5) is 0 Å². The van der Waals surface area contributed by atoms with Crippen LogP contribution < -0.4 is 11.1 Å². The maximum absolute atomic E-state index is 11.9. The Labute approximate surface area is 119 Å². The minimum Gasteiger partial charge on any atom is -0.354 e. The molecule has 0 saturated carbocycles. The van der Waals surface area contributed by atoms with Crippen LogP contribution in [0.2, 0.25) is 0 Å². The fourth-order valence-corrected chi connectivity index (χ4v) is 1.95. The summed E-state index contributed by atoms with van der Waals surface area (Å²) in [5.74, 6) is -0.121. The minimum absolute atomic E-state index is 0.121. The van der Waals surface area contributed by atoms with Crippen molar-refractivity contribution in [2.24, 2.45) is 5.73 Å². The Balaban J connectivity index is 1.74. The number of benzene rings is 1. The Morgan fingerprint density at radius 1 is 1.15 bits per heavy atom. The first-order chi connectivity index (χ1) is 9.75. The van der Waals surface area contributed by atoms with E-state index in [2.05, 4.69) is 10.3 Å². The Bertz CT molecular complexity index is 528. The molecule has 1 amide bonds. The van der Waals surface area contributed by atoms with Gasteiger partial charge in [0.15, 0.2) is 0 Å². The summed E-state index contributed by atoms with van der Waals surface area (Å²) in [5.41, 5.74) is 7.93. The molecule has 104 valence electrons. The highest BCUT2D eigenvalue weighted by Crippen LogP contribution is 2.02. The Morgan fingerprint density at radius 3 is 2.60 bits per heavy atom. The van der Waals surface area contributed by atoms with Gasteiger partial charge in [0.05, 0.1) is 6.04 Å². The molecule has 4 nitrogen and oxygen atoms in total. The molecule has 1 aromatic carbocycles. The van der Waals surface area contributed by atoms with Gasteiger partial charge in [0.1, 0.15) is 0 Å². The van der Waals surface area contributed by atoms with Crippen molar-refractivity contribution in [2.75, 3.05) is 6.54 Å². The summed E-state index contributed by atoms with van der Waals surface area (Å²) >= 11 is 0. The van der Waals surface area contributed by atoms with Crippen LogP contribution in [0.15, 0.2) is 54.7 Å². The van der Waals surface area contributed by atoms with Gasteiger partial charge in [-0.05, 0) is 24.1 Å². The Hall–Kier alpha value is -2.20. The molecular weight excluding hydrogens is 250 g/mol. The minimum atomic E-state index is -0.513. The van der Waals surface area contributed by atoms with Crippen LogP contribution in [-0.4, -0.2) is 23.5 Å². The lowest BCUT2D eigenvalue weighted by Crippen LogP contribution is -2.42. The number of pyridine rings is 1. The molecule has 1 aromatic heterocycles. The number of nitrogens with one attached hydrogen (secondary N) is 1. The average molecular weight is 269 g/mol. The molecule has 0 aliphatic carbocycles. The Kier molecular flexibility index (Phi) is 5.26. The lowest BCUT2D eigenvalue weighted by atomic mass is 10.1. The molecule has 2 rings (SSSR count). The molecular formula is C16H19N3O. The fourth-order valence-electron chi connectivity index (χ4n) is 1.95. The molecule has 1 heterocycles. The van der Waals surface area contributed by atoms with E-state index in [1.807, 2.05) is 48.5 Å². The van der Waals surface area contributed by atoms with Gasteiger partial charge >= 0.3 is 0 Å². The van der Waals surface area contributed by atoms with Gasteiger partial charge in [0, 0.05) is 24.9 Å². The van der Waals surface area contributed by atoms with E-state index in [0.29, 0.717) is 19.4 Å². The zero-order chi connectivity index (χ0) is 14.2. The number of hydrogen-bond acceptors (Lipinski definition) is 3. The normalized spacial score (nSPS) is 11.8. The molecule has 0 aliphatic rings. The predicted molar refractivity (Wildman–Crippen MR) is 79.1 cm³/mol. The molecule has 3 N–H and O–H groups in total. The number of nitrogens with two attached hydrogens (primary N) is 1. The number of nitrogens with zero attached hydrogens (tertiary/aromatic N) is 1. The SMILES string of the molecule is NC(Cc1ccccc1)C(=O)NCCc1ccccn1. The van der Waals surface area contributed by atoms with E-state index in [1.54, 1.807) is 6.20 Å². The molecule has 1 atom stereocenters. The first kappa shape index (κ1) is 14.2. The van der Waals surface area contributed by atoms with E-state index in [4.69, 9.17) is 5.73 Å². The molecule has 1 unspecified atom stereocenters. The lowest BCUT2D eigenvalue weighted by molar-refractivity contribution is -0.122. The molecule has 0 saturated heterocycles. The van der Waals surface area contributed by atoms with Gasteiger partial charge in [-0.2, -0.15) is 0 Å². The van der Waals surface area contributed by atoms with E-state index >= 15 is 0 Å². The van der Waals surface area contributed by atoms with Gasteiger partial charge < -0.3 is 11.1 Å². The first-order valence-electron chi connectivity index (χ1n) is 6.73. The first-order valence-corrected chi connectivity index (χ1v) is 6.73. The highest BCUT2D eigenvalue weighted by Gasteiger charge is 2.13. The van der Waals surface area contributed by atoms with Crippen LogP contribution in [0.1, 0.15) is 11.3 Å². The van der Waals surface area contributed by atoms with Crippen LogP contribution in [0, 0.1) is 0 Å². The van der Waals surface area contributed by atoms with Crippen LogP contribution in [0.25, 0.3) is 0 Å². The molecule has 4 heteroatoms. The zero-order valence-electron chi connectivity index (χ0n) is 11.3. The maximum atomic E-state index is 11.9. The molecule has 0 spiro atoms. The van der Waals surface area contributed by atoms with Crippen molar-refractivity contribution in [1.29, 1.82) is 0 Å². The standard InChI is InChI=1S/C16H19N3O/c17-15(12-13-6-2-1-3-7-13)16(20)19-11-9-14-8-4-5-10-18-14/h1-8,10,15H,9,11-12,17H2,(H,19,20). The summed E-state index contributed by atoms with van der Waals surface area (Å²) in [4.78, 5) is 16.1. The van der Waals surface area contributed by atoms with Crippen molar-refractivity contribution in [3.05, 3.63) is 66.0 Å². The predicted octanol–water partition coefficient (Wildman–Crippen LogP) is 1.31. The van der Waals surface area contributed by atoms with Crippen LogP contribution in [-0.2, 0) is 17.6 Å². The van der Waals surface area contributed by atoms with Gasteiger partial charge in [0.2, 0.25) is 5.91 Å². The fraction of sp³-hybridized carbons (Fsp3) is 0.250. The maximum Gasteiger partial charge on any atom is 0.237 e. The van der Waals surface area contributed by atoms with E-state index < -0.39 is 6.04 Å². The molecule has 0 radical (unpaired) electrons. The summed E-state index contributed by atoms with van der Waals surface area (Å²) < 4.78 is 0. The second kappa shape index (κ2) is 7.40. The molecule has 20 heavy (non-hydrogen) atoms. The Morgan fingerprint density at radius 2 is 1.90 bits per heavy atom. The van der Waals surface area contributed by atoms with Crippen molar-refractivity contribution in [2.45, 2.75) is 18.9 Å². The smallest absolute Gasteiger partial charge is 0.237 e. The van der Waals surface area contributed by atoms with Crippen molar-refractivity contribution < 1.29 is 4.79 Å². The van der Waals surface area contributed by atoms with Crippen LogP contribution in [0.5, 0.6) is 0 Å². The van der Waals surface area contributed by atoms with Gasteiger partial charge in [-0.1, -0.05) is 36.4 Å². The summed E-state index contributed by atoms with van der Waals surface area (Å²) in [7, 11) is 0. The largest absolute Gasteiger partial charge is 0.354 e. The van der Waals surface area contributed by atoms with Gasteiger partial charge in [-0.3, -0.25) is 9.78 Å². The number of carbonyl (C=O) groups is 1. The van der Waals surface area contributed by atoms with Crippen LogP contribution >= 0.6 is 0 Å². The van der Waals surface area contributed by atoms with E-state index in [1.165, 1.54) is 0 Å². The van der Waals surface area contributed by atoms with Gasteiger partial charge in [0.25, 0.3) is 0 Å². The zero-order valence-corrected chi connectivity index (χ0v) is 11.3. The topological polar surface area (TPSA) is 68.0 Å². The third-order valence-electron chi connectivity index (χ3n) is 3.04. The number of amides is 1. The molecule has 2 aromatic rings. The number of carbonyl (C=O) groups excluding carboxylic acids is 1. The van der Waals surface area contributed by atoms with Crippen molar-refractivity contribution in [3.8, 4) is 0 Å². The number of rotatable bonds is 6. The summed E-state index contributed by atoms with van der Waals surface area (Å²) in [6, 6.07) is 15.0. The summed E-state index contributed by atoms with van der Waals surface area (Å²) in [6.07, 6.45) is 3.01. The quantitative estimate of drug-likeness (QED) is 0.831. The summed E-state index contributed by atoms with van der Waals surface area (Å²) in [5, 5.41) is 2.85. The van der Waals surface area contributed by atoms with Gasteiger partial charge in [-0.25, -0.2) is 0 Å². The van der Waals surface area contributed by atoms with Crippen molar-refractivity contribution in [1.82, 2.24) is 10.3 Å². The van der Waals surface area contributed by atoms with E-state index in [0.717, 1.165) is 11.3 Å². The van der Waals surface area contributed by atoms with E-state index in [9.17, 15) is 4.79 Å². The number of hydrogen-bond donors (Lipinski definition) is 2. The van der Waals surface area contributed by atoms with Crippen molar-refractivity contribution in [3.63, 3.8) is 0 Å². The second-order valence-corrected chi connectivity index (χ2v) is 4.66. The van der Waals surface area contributed by atoms with Crippen LogP contribution in [0.3, 0.4) is 0 Å². The highest BCUT2D eigenvalue weighted by atomic mass is 16.2. The van der Waals surface area contributed by atoms with Gasteiger partial charge in [-0.15, -0.1) is 0 Å². The molecule has 0 aliphatic heterocycles.